The van der Waals surface area contributed by atoms with Crippen LogP contribution < -0.4 is 0 Å². The Morgan fingerprint density at radius 1 is 1.18 bits per heavy atom. The molecule has 2 saturated heterocycles. The SMILES string of the molecule is CCN(CC)C(=O)[C@@H]1[C@@H](C(=O)O)[C@@H]2CC[C@@H]1O2. The van der Waals surface area contributed by atoms with Gasteiger partial charge in [-0.05, 0) is 26.7 Å². The summed E-state index contributed by atoms with van der Waals surface area (Å²) < 4.78 is 5.59. The molecule has 2 aliphatic heterocycles. The first kappa shape index (κ1) is 12.4. The molecule has 5 heteroatoms. The van der Waals surface area contributed by atoms with Crippen LogP contribution in [0.1, 0.15) is 26.7 Å². The van der Waals surface area contributed by atoms with Gasteiger partial charge in [0.25, 0.3) is 0 Å². The molecule has 0 radical (unpaired) electrons. The largest absolute Gasteiger partial charge is 0.481 e. The highest BCUT2D eigenvalue weighted by Gasteiger charge is 2.56. The Labute approximate surface area is 101 Å². The third-order valence-electron chi connectivity index (χ3n) is 3.92. The van der Waals surface area contributed by atoms with Crippen molar-refractivity contribution in [1.29, 1.82) is 0 Å². The third kappa shape index (κ3) is 1.92. The van der Waals surface area contributed by atoms with Gasteiger partial charge in [-0.2, -0.15) is 0 Å². The molecule has 0 unspecified atom stereocenters. The van der Waals surface area contributed by atoms with Crippen LogP contribution >= 0.6 is 0 Å². The summed E-state index contributed by atoms with van der Waals surface area (Å²) in [5.41, 5.74) is 0. The molecule has 5 nitrogen and oxygen atoms in total. The van der Waals surface area contributed by atoms with Crippen molar-refractivity contribution in [2.75, 3.05) is 13.1 Å². The van der Waals surface area contributed by atoms with Gasteiger partial charge in [0.05, 0.1) is 24.0 Å². The van der Waals surface area contributed by atoms with Gasteiger partial charge in [-0.15, -0.1) is 0 Å². The van der Waals surface area contributed by atoms with E-state index in [1.54, 1.807) is 4.90 Å². The van der Waals surface area contributed by atoms with Crippen molar-refractivity contribution in [1.82, 2.24) is 4.90 Å². The fraction of sp³-hybridized carbons (Fsp3) is 0.833. The van der Waals surface area contributed by atoms with Crippen molar-refractivity contribution in [2.45, 2.75) is 38.9 Å². The average molecular weight is 241 g/mol. The minimum atomic E-state index is -0.900. The minimum Gasteiger partial charge on any atom is -0.481 e. The van der Waals surface area contributed by atoms with Gasteiger partial charge in [0.2, 0.25) is 5.91 Å². The molecule has 0 spiro atoms. The lowest BCUT2D eigenvalue weighted by Gasteiger charge is -2.29. The maximum absolute atomic E-state index is 12.3. The summed E-state index contributed by atoms with van der Waals surface area (Å²) in [5, 5.41) is 9.23. The number of nitrogens with zero attached hydrogens (tertiary/aromatic N) is 1. The van der Waals surface area contributed by atoms with Crippen molar-refractivity contribution in [3.8, 4) is 0 Å². The van der Waals surface area contributed by atoms with Gasteiger partial charge in [0.1, 0.15) is 0 Å². The summed E-state index contributed by atoms with van der Waals surface area (Å²) in [6.07, 6.45) is 1.13. The van der Waals surface area contributed by atoms with Gasteiger partial charge in [-0.25, -0.2) is 0 Å². The molecule has 2 heterocycles. The zero-order valence-corrected chi connectivity index (χ0v) is 10.3. The summed E-state index contributed by atoms with van der Waals surface area (Å²) in [5.74, 6) is -2.09. The summed E-state index contributed by atoms with van der Waals surface area (Å²) >= 11 is 0. The Balaban J connectivity index is 2.18. The molecule has 1 N–H and O–H groups in total. The number of rotatable bonds is 4. The lowest BCUT2D eigenvalue weighted by molar-refractivity contribution is -0.150. The topological polar surface area (TPSA) is 66.8 Å². The highest BCUT2D eigenvalue weighted by atomic mass is 16.5. The van der Waals surface area contributed by atoms with Crippen LogP contribution in [0.25, 0.3) is 0 Å². The second kappa shape index (κ2) is 4.64. The Morgan fingerprint density at radius 3 is 2.18 bits per heavy atom. The molecule has 0 saturated carbocycles. The Kier molecular flexibility index (Phi) is 3.38. The molecule has 2 rings (SSSR count). The van der Waals surface area contributed by atoms with Gasteiger partial charge >= 0.3 is 5.97 Å². The molecule has 4 atom stereocenters. The maximum atomic E-state index is 12.3. The number of amides is 1. The molecule has 2 aliphatic rings. The van der Waals surface area contributed by atoms with Crippen LogP contribution in [0.3, 0.4) is 0 Å². The number of hydrogen-bond acceptors (Lipinski definition) is 3. The number of ether oxygens (including phenoxy) is 1. The zero-order chi connectivity index (χ0) is 12.6. The van der Waals surface area contributed by atoms with Gasteiger partial charge in [0, 0.05) is 13.1 Å². The van der Waals surface area contributed by atoms with E-state index in [0.29, 0.717) is 13.1 Å². The van der Waals surface area contributed by atoms with E-state index < -0.39 is 17.8 Å². The predicted molar refractivity (Wildman–Crippen MR) is 60.4 cm³/mol. The van der Waals surface area contributed by atoms with Gasteiger partial charge < -0.3 is 14.7 Å². The minimum absolute atomic E-state index is 0.0606. The van der Waals surface area contributed by atoms with Gasteiger partial charge in [0.15, 0.2) is 0 Å². The molecule has 2 bridgehead atoms. The van der Waals surface area contributed by atoms with Crippen molar-refractivity contribution < 1.29 is 19.4 Å². The van der Waals surface area contributed by atoms with E-state index in [0.717, 1.165) is 12.8 Å². The van der Waals surface area contributed by atoms with Gasteiger partial charge in [-0.1, -0.05) is 0 Å². The van der Waals surface area contributed by atoms with Crippen LogP contribution in [0.15, 0.2) is 0 Å². The van der Waals surface area contributed by atoms with E-state index in [1.165, 1.54) is 0 Å². The fourth-order valence-corrected chi connectivity index (χ4v) is 3.05. The first-order valence-electron chi connectivity index (χ1n) is 6.27. The van der Waals surface area contributed by atoms with Crippen LogP contribution in [-0.4, -0.2) is 47.2 Å². The first-order valence-corrected chi connectivity index (χ1v) is 6.27. The smallest absolute Gasteiger partial charge is 0.310 e. The standard InChI is InChI=1S/C12H19NO4/c1-3-13(4-2)11(14)9-7-5-6-8(17-7)10(9)12(15)16/h7-10H,3-6H2,1-2H3,(H,15,16)/t7-,8-,9-,10-/m0/s1. The number of carbonyl (C=O) groups is 2. The number of hydrogen-bond donors (Lipinski definition) is 1. The molecular formula is C12H19NO4. The fourth-order valence-electron chi connectivity index (χ4n) is 3.05. The van der Waals surface area contributed by atoms with E-state index >= 15 is 0 Å². The normalized spacial score (nSPS) is 34.9. The Hall–Kier alpha value is -1.10. The number of carbonyl (C=O) groups excluding carboxylic acids is 1. The van der Waals surface area contributed by atoms with E-state index in [2.05, 4.69) is 0 Å². The summed E-state index contributed by atoms with van der Waals surface area (Å²) in [6.45, 7) is 5.06. The summed E-state index contributed by atoms with van der Waals surface area (Å²) in [7, 11) is 0. The molecule has 0 aromatic rings. The van der Waals surface area contributed by atoms with E-state index in [4.69, 9.17) is 4.74 Å². The van der Waals surface area contributed by atoms with Crippen molar-refractivity contribution >= 4 is 11.9 Å². The van der Waals surface area contributed by atoms with Crippen molar-refractivity contribution in [3.05, 3.63) is 0 Å². The van der Waals surface area contributed by atoms with Crippen molar-refractivity contribution in [3.63, 3.8) is 0 Å². The number of carboxylic acid groups (broad SMARTS) is 1. The number of fused-ring (bicyclic) bond motifs is 2. The van der Waals surface area contributed by atoms with E-state index in [1.807, 2.05) is 13.8 Å². The highest BCUT2D eigenvalue weighted by molar-refractivity contribution is 5.86. The second-order valence-electron chi connectivity index (χ2n) is 4.69. The van der Waals surface area contributed by atoms with Crippen LogP contribution in [0, 0.1) is 11.8 Å². The lowest BCUT2D eigenvalue weighted by Crippen LogP contribution is -2.45. The first-order chi connectivity index (χ1) is 8.10. The molecule has 0 aliphatic carbocycles. The van der Waals surface area contributed by atoms with Gasteiger partial charge in [-0.3, -0.25) is 9.59 Å². The molecular weight excluding hydrogens is 222 g/mol. The Morgan fingerprint density at radius 2 is 1.71 bits per heavy atom. The Bertz CT molecular complexity index is 326. The van der Waals surface area contributed by atoms with Crippen LogP contribution in [0.4, 0.5) is 0 Å². The highest BCUT2D eigenvalue weighted by Crippen LogP contribution is 2.44. The second-order valence-corrected chi connectivity index (χ2v) is 4.69. The van der Waals surface area contributed by atoms with Crippen LogP contribution in [0.2, 0.25) is 0 Å². The average Bonchev–Trinajstić information content (AvgIpc) is 2.89. The number of carboxylic acids is 1. The van der Waals surface area contributed by atoms with E-state index in [-0.39, 0.29) is 18.1 Å². The summed E-state index contributed by atoms with van der Waals surface area (Å²) in [6, 6.07) is 0. The quantitative estimate of drug-likeness (QED) is 0.788. The van der Waals surface area contributed by atoms with Crippen LogP contribution in [0.5, 0.6) is 0 Å². The molecule has 17 heavy (non-hydrogen) atoms. The summed E-state index contributed by atoms with van der Waals surface area (Å²) in [4.78, 5) is 25.2. The third-order valence-corrected chi connectivity index (χ3v) is 3.92. The van der Waals surface area contributed by atoms with Crippen molar-refractivity contribution in [2.24, 2.45) is 11.8 Å². The number of aliphatic carboxylic acids is 1. The molecule has 0 aromatic heterocycles. The van der Waals surface area contributed by atoms with Crippen LogP contribution in [-0.2, 0) is 14.3 Å². The zero-order valence-electron chi connectivity index (χ0n) is 10.3. The lowest BCUT2D eigenvalue weighted by atomic mass is 9.78. The monoisotopic (exact) mass is 241 g/mol. The molecule has 2 fully saturated rings. The maximum Gasteiger partial charge on any atom is 0.310 e. The molecule has 0 aromatic carbocycles. The van der Waals surface area contributed by atoms with E-state index in [9.17, 15) is 14.7 Å². The molecule has 1 amide bonds. The molecule has 96 valence electrons. The predicted octanol–water partition coefficient (Wildman–Crippen LogP) is 0.733.